The van der Waals surface area contributed by atoms with Gasteiger partial charge in [-0.1, -0.05) is 17.7 Å². The number of anilines is 1. The van der Waals surface area contributed by atoms with Crippen LogP contribution in [0.3, 0.4) is 0 Å². The summed E-state index contributed by atoms with van der Waals surface area (Å²) in [5.74, 6) is -0.493. The highest BCUT2D eigenvalue weighted by Gasteiger charge is 2.23. The molecule has 0 saturated heterocycles. The molecular formula is C11H11ClFN3O2S. The van der Waals surface area contributed by atoms with Crippen LogP contribution in [0.5, 0.6) is 0 Å². The molecule has 0 saturated carbocycles. The zero-order chi connectivity index (χ0) is 14.2. The summed E-state index contributed by atoms with van der Waals surface area (Å²) in [7, 11) is -2.37. The second-order valence-electron chi connectivity index (χ2n) is 3.97. The minimum atomic E-state index is -3.94. The van der Waals surface area contributed by atoms with Crippen LogP contribution in [0.4, 0.5) is 10.1 Å². The molecular weight excluding hydrogens is 293 g/mol. The van der Waals surface area contributed by atoms with E-state index in [1.165, 1.54) is 36.0 Å². The highest BCUT2D eigenvalue weighted by atomic mass is 35.5. The van der Waals surface area contributed by atoms with Crippen LogP contribution in [-0.4, -0.2) is 18.0 Å². The number of aryl methyl sites for hydroxylation is 1. The summed E-state index contributed by atoms with van der Waals surface area (Å²) in [6.07, 6.45) is 1.29. The lowest BCUT2D eigenvalue weighted by Gasteiger charge is -2.09. The molecule has 0 aliphatic heterocycles. The zero-order valence-electron chi connectivity index (χ0n) is 10.2. The fraction of sp³-hybridized carbons (Fsp3) is 0.182. The lowest BCUT2D eigenvalue weighted by molar-refractivity contribution is 0.597. The molecule has 0 atom stereocenters. The predicted molar refractivity (Wildman–Crippen MR) is 70.2 cm³/mol. The van der Waals surface area contributed by atoms with E-state index in [0.29, 0.717) is 0 Å². The fourth-order valence-corrected chi connectivity index (χ4v) is 3.04. The number of sulfonamides is 1. The molecule has 0 amide bonds. The molecule has 1 aromatic heterocycles. The summed E-state index contributed by atoms with van der Waals surface area (Å²) in [5, 5.41) is -0.304. The van der Waals surface area contributed by atoms with E-state index in [4.69, 9.17) is 11.6 Å². The average Bonchev–Trinajstić information content (AvgIpc) is 2.66. The molecule has 0 fully saturated rings. The number of rotatable bonds is 3. The summed E-state index contributed by atoms with van der Waals surface area (Å²) < 4.78 is 41.2. The Labute approximate surface area is 115 Å². The van der Waals surface area contributed by atoms with Crippen LogP contribution >= 0.6 is 11.6 Å². The number of benzene rings is 1. The Balaban J connectivity index is 2.42. The monoisotopic (exact) mass is 303 g/mol. The van der Waals surface area contributed by atoms with Gasteiger partial charge in [0, 0.05) is 12.6 Å². The number of imidazole rings is 1. The van der Waals surface area contributed by atoms with Crippen molar-refractivity contribution in [1.29, 1.82) is 0 Å². The molecule has 0 unspecified atom stereocenters. The van der Waals surface area contributed by atoms with Gasteiger partial charge in [-0.05, 0) is 19.1 Å². The molecule has 2 rings (SSSR count). The first kappa shape index (κ1) is 13.8. The van der Waals surface area contributed by atoms with Crippen molar-refractivity contribution in [1.82, 2.24) is 9.55 Å². The van der Waals surface area contributed by atoms with E-state index < -0.39 is 15.8 Å². The third-order valence-corrected chi connectivity index (χ3v) is 4.46. The molecule has 1 aromatic carbocycles. The Morgan fingerprint density at radius 1 is 1.42 bits per heavy atom. The Kier molecular flexibility index (Phi) is 3.51. The van der Waals surface area contributed by atoms with E-state index >= 15 is 0 Å². The van der Waals surface area contributed by atoms with E-state index in [1.54, 1.807) is 7.05 Å². The van der Waals surface area contributed by atoms with Gasteiger partial charge in [-0.3, -0.25) is 4.72 Å². The third-order valence-electron chi connectivity index (χ3n) is 2.60. The quantitative estimate of drug-likeness (QED) is 0.946. The van der Waals surface area contributed by atoms with Gasteiger partial charge < -0.3 is 4.57 Å². The van der Waals surface area contributed by atoms with E-state index in [-0.39, 0.29) is 21.4 Å². The van der Waals surface area contributed by atoms with Gasteiger partial charge in [-0.25, -0.2) is 9.37 Å². The minimum absolute atomic E-state index is 0.0124. The smallest absolute Gasteiger partial charge is 0.282 e. The van der Waals surface area contributed by atoms with Gasteiger partial charge in [0.1, 0.15) is 11.0 Å². The zero-order valence-corrected chi connectivity index (χ0v) is 11.8. The molecule has 8 heteroatoms. The maximum atomic E-state index is 13.4. The normalized spacial score (nSPS) is 11.6. The summed E-state index contributed by atoms with van der Waals surface area (Å²) in [5.41, 5.74) is 0.361. The first-order chi connectivity index (χ1) is 8.83. The Morgan fingerprint density at radius 2 is 2.11 bits per heavy atom. The van der Waals surface area contributed by atoms with Crippen LogP contribution < -0.4 is 4.72 Å². The van der Waals surface area contributed by atoms with Crippen molar-refractivity contribution in [3.8, 4) is 0 Å². The van der Waals surface area contributed by atoms with Crippen molar-refractivity contribution in [3.05, 3.63) is 41.1 Å². The first-order valence-corrected chi connectivity index (χ1v) is 7.14. The van der Waals surface area contributed by atoms with E-state index in [0.717, 1.165) is 0 Å². The molecule has 2 aromatic rings. The molecule has 0 aliphatic rings. The third kappa shape index (κ3) is 2.57. The standard InChI is InChI=1S/C11H11ClFN3O2S/c1-7-8(13)4-3-5-9(7)15-19(17,18)11-10(12)16(2)6-14-11/h3-6,15H,1-2H3. The maximum absolute atomic E-state index is 13.4. The van der Waals surface area contributed by atoms with Crippen molar-refractivity contribution in [2.45, 2.75) is 11.9 Å². The number of hydrogen-bond donors (Lipinski definition) is 1. The lowest BCUT2D eigenvalue weighted by atomic mass is 10.2. The van der Waals surface area contributed by atoms with Crippen molar-refractivity contribution in [3.63, 3.8) is 0 Å². The maximum Gasteiger partial charge on any atom is 0.282 e. The van der Waals surface area contributed by atoms with Crippen LogP contribution in [0.1, 0.15) is 5.56 Å². The molecule has 102 valence electrons. The Hall–Kier alpha value is -1.60. The van der Waals surface area contributed by atoms with Gasteiger partial charge in [0.25, 0.3) is 10.0 Å². The number of nitrogens with one attached hydrogen (secondary N) is 1. The highest BCUT2D eigenvalue weighted by molar-refractivity contribution is 7.92. The molecule has 5 nitrogen and oxygen atoms in total. The molecule has 0 spiro atoms. The second-order valence-corrected chi connectivity index (χ2v) is 5.93. The molecule has 0 bridgehead atoms. The van der Waals surface area contributed by atoms with Crippen LogP contribution in [0.25, 0.3) is 0 Å². The van der Waals surface area contributed by atoms with Gasteiger partial charge in [-0.2, -0.15) is 8.42 Å². The Bertz CT molecular complexity index is 728. The number of aromatic nitrogens is 2. The lowest BCUT2D eigenvalue weighted by Crippen LogP contribution is -2.15. The number of nitrogens with zero attached hydrogens (tertiary/aromatic N) is 2. The van der Waals surface area contributed by atoms with Crippen LogP contribution in [0.15, 0.2) is 29.6 Å². The van der Waals surface area contributed by atoms with Crippen LogP contribution in [0.2, 0.25) is 5.15 Å². The minimum Gasteiger partial charge on any atom is -0.324 e. The van der Waals surface area contributed by atoms with E-state index in [2.05, 4.69) is 9.71 Å². The van der Waals surface area contributed by atoms with Gasteiger partial charge in [0.05, 0.1) is 12.0 Å². The summed E-state index contributed by atoms with van der Waals surface area (Å²) in [6, 6.07) is 4.13. The molecule has 0 radical (unpaired) electrons. The number of halogens is 2. The van der Waals surface area contributed by atoms with Crippen molar-refractivity contribution < 1.29 is 12.8 Å². The fourth-order valence-electron chi connectivity index (χ4n) is 1.49. The average molecular weight is 304 g/mol. The number of hydrogen-bond acceptors (Lipinski definition) is 3. The van der Waals surface area contributed by atoms with Crippen LogP contribution in [0, 0.1) is 12.7 Å². The van der Waals surface area contributed by atoms with Crippen molar-refractivity contribution >= 4 is 27.3 Å². The summed E-state index contributed by atoms with van der Waals surface area (Å²) in [4.78, 5) is 3.72. The van der Waals surface area contributed by atoms with Gasteiger partial charge in [-0.15, -0.1) is 0 Å². The van der Waals surface area contributed by atoms with E-state index in [9.17, 15) is 12.8 Å². The van der Waals surface area contributed by atoms with Crippen LogP contribution in [-0.2, 0) is 17.1 Å². The van der Waals surface area contributed by atoms with Gasteiger partial charge >= 0.3 is 0 Å². The van der Waals surface area contributed by atoms with Gasteiger partial charge in [0.15, 0.2) is 0 Å². The predicted octanol–water partition coefficient (Wildman–Crippen LogP) is 2.32. The van der Waals surface area contributed by atoms with Gasteiger partial charge in [0.2, 0.25) is 5.03 Å². The molecule has 0 aliphatic carbocycles. The topological polar surface area (TPSA) is 64.0 Å². The molecule has 1 heterocycles. The summed E-state index contributed by atoms with van der Waals surface area (Å²) >= 11 is 5.84. The largest absolute Gasteiger partial charge is 0.324 e. The Morgan fingerprint density at radius 3 is 2.68 bits per heavy atom. The highest BCUT2D eigenvalue weighted by Crippen LogP contribution is 2.24. The SMILES string of the molecule is Cc1c(F)cccc1NS(=O)(=O)c1ncn(C)c1Cl. The molecule has 1 N–H and O–H groups in total. The van der Waals surface area contributed by atoms with Crippen molar-refractivity contribution in [2.75, 3.05) is 4.72 Å². The first-order valence-electron chi connectivity index (χ1n) is 5.27. The second kappa shape index (κ2) is 4.82. The van der Waals surface area contributed by atoms with E-state index in [1.807, 2.05) is 0 Å². The van der Waals surface area contributed by atoms with Crippen molar-refractivity contribution in [2.24, 2.45) is 7.05 Å². The summed E-state index contributed by atoms with van der Waals surface area (Å²) in [6.45, 7) is 1.48. The molecule has 19 heavy (non-hydrogen) atoms.